The van der Waals surface area contributed by atoms with Gasteiger partial charge in [-0.25, -0.2) is 24.0 Å². The van der Waals surface area contributed by atoms with Crippen LogP contribution in [0.25, 0.3) is 0 Å². The fraction of sp³-hybridized carbons (Fsp3) is 0.732. The minimum atomic E-state index is -1.96. The van der Waals surface area contributed by atoms with E-state index in [0.717, 1.165) is 4.90 Å². The Balaban J connectivity index is 1.57. The maximum absolute atomic E-state index is 14.6. The lowest BCUT2D eigenvalue weighted by Gasteiger charge is -2.52. The van der Waals surface area contributed by atoms with Crippen LogP contribution in [-0.2, 0) is 54.1 Å². The zero-order chi connectivity index (χ0) is 63.7. The van der Waals surface area contributed by atoms with Crippen molar-refractivity contribution in [3.05, 3.63) is 51.8 Å². The second-order valence-corrected chi connectivity index (χ2v) is 25.9. The standard InChI is InChI=1S/C56H88N8O21/c1-52(2,3)82-48(71)57-24-23-37(65)45(69)60-35-26-34(61-49(72)83-53(4,5)6)38(39(66)42(35)81-46-40(67)43(56(13,75)29-79-46)62(14)50(73)84-54(7,8)9)41-33(59-44(68)36-16-15-25-63(36)51(74)85-55(10,11)12)22-21-32(80-41)27-58-47(70)78-28-30-17-19-31(20-18-30)64(76)77/h17-21,33-43,46,65-67,75H,15-16,22-29H2,1-14H3,(H,57,71)(H,58,70)(H,59,68)(H,60,69)(H,61,72)/t33-,34+,35-,36?,37+,38?,39+,40-,41+,42+,43-,46-,56+/m1/s1. The summed E-state index contributed by atoms with van der Waals surface area (Å²) in [5.74, 6) is -3.04. The molecule has 0 bridgehead atoms. The fourth-order valence-corrected chi connectivity index (χ4v) is 10.2. The van der Waals surface area contributed by atoms with Crippen molar-refractivity contribution in [1.29, 1.82) is 0 Å². The highest BCUT2D eigenvalue weighted by Gasteiger charge is 2.57. The van der Waals surface area contributed by atoms with Crippen LogP contribution in [0.3, 0.4) is 0 Å². The highest BCUT2D eigenvalue weighted by Crippen LogP contribution is 2.39. The number of rotatable bonds is 17. The molecule has 0 spiro atoms. The van der Waals surface area contributed by atoms with Crippen molar-refractivity contribution in [2.75, 3.05) is 33.3 Å². The second-order valence-electron chi connectivity index (χ2n) is 25.9. The van der Waals surface area contributed by atoms with Crippen LogP contribution in [0.2, 0.25) is 0 Å². The summed E-state index contributed by atoms with van der Waals surface area (Å²) in [5.41, 5.74) is -5.52. The zero-order valence-corrected chi connectivity index (χ0v) is 51.0. The lowest BCUT2D eigenvalue weighted by atomic mass is 9.72. The summed E-state index contributed by atoms with van der Waals surface area (Å²) in [6.07, 6.45) is -13.6. The number of nitro benzene ring substituents is 1. The van der Waals surface area contributed by atoms with Crippen molar-refractivity contribution in [3.63, 3.8) is 0 Å². The van der Waals surface area contributed by atoms with Crippen molar-refractivity contribution >= 4 is 48.0 Å². The van der Waals surface area contributed by atoms with Gasteiger partial charge in [0.25, 0.3) is 5.69 Å². The number of nitrogens with one attached hydrogen (secondary N) is 5. The van der Waals surface area contributed by atoms with E-state index in [9.17, 15) is 64.1 Å². The van der Waals surface area contributed by atoms with Crippen molar-refractivity contribution in [2.45, 2.75) is 224 Å². The molecule has 0 aromatic heterocycles. The molecule has 3 heterocycles. The van der Waals surface area contributed by atoms with Gasteiger partial charge in [-0.05, 0) is 146 Å². The first-order chi connectivity index (χ1) is 39.2. The van der Waals surface area contributed by atoms with Gasteiger partial charge in [-0.15, -0.1) is 0 Å². The van der Waals surface area contributed by atoms with E-state index >= 15 is 0 Å². The fourth-order valence-electron chi connectivity index (χ4n) is 10.2. The number of nitrogens with zero attached hydrogens (tertiary/aromatic N) is 3. The number of non-ortho nitro benzene ring substituents is 1. The predicted molar refractivity (Wildman–Crippen MR) is 300 cm³/mol. The number of carbonyl (C=O) groups excluding carboxylic acids is 7. The average Bonchev–Trinajstić information content (AvgIpc) is 1.55. The normalized spacial score (nSPS) is 27.5. The molecule has 13 atom stereocenters. The quantitative estimate of drug-likeness (QED) is 0.0612. The number of aliphatic hydroxyl groups excluding tert-OH is 3. The highest BCUT2D eigenvalue weighted by atomic mass is 16.7. The van der Waals surface area contributed by atoms with E-state index in [2.05, 4.69) is 26.6 Å². The summed E-state index contributed by atoms with van der Waals surface area (Å²) >= 11 is 0. The van der Waals surface area contributed by atoms with E-state index in [-0.39, 0.29) is 63.4 Å². The predicted octanol–water partition coefficient (Wildman–Crippen LogP) is 3.50. The van der Waals surface area contributed by atoms with E-state index in [1.165, 1.54) is 43.1 Å². The van der Waals surface area contributed by atoms with Gasteiger partial charge in [0.05, 0.1) is 42.3 Å². The number of likely N-dealkylation sites (N-methyl/N-ethyl adjacent to an activating group) is 1. The summed E-state index contributed by atoms with van der Waals surface area (Å²) in [6.45, 7) is 19.7. The molecule has 29 nitrogen and oxygen atoms in total. The number of amides is 7. The number of likely N-dealkylation sites (tertiary alicyclic amines) is 1. The van der Waals surface area contributed by atoms with Crippen LogP contribution >= 0.6 is 0 Å². The zero-order valence-electron chi connectivity index (χ0n) is 51.0. The molecular formula is C56H88N8O21. The lowest BCUT2D eigenvalue weighted by molar-refractivity contribution is -0.384. The molecule has 1 saturated carbocycles. The summed E-state index contributed by atoms with van der Waals surface area (Å²) in [6, 6.07) is -1.08. The average molecular weight is 1210 g/mol. The molecule has 7 amide bonds. The number of hydrogen-bond acceptors (Lipinski definition) is 21. The van der Waals surface area contributed by atoms with Gasteiger partial charge in [0.15, 0.2) is 6.29 Å². The Morgan fingerprint density at radius 3 is 2.02 bits per heavy atom. The summed E-state index contributed by atoms with van der Waals surface area (Å²) in [5, 5.41) is 72.9. The Hall–Kier alpha value is -6.79. The van der Waals surface area contributed by atoms with E-state index in [1.54, 1.807) is 89.2 Å². The Bertz CT molecular complexity index is 2560. The van der Waals surface area contributed by atoms with Crippen LogP contribution in [-0.4, -0.2) is 206 Å². The largest absolute Gasteiger partial charge is 0.491 e. The molecule has 9 N–H and O–H groups in total. The minimum Gasteiger partial charge on any atom is -0.491 e. The van der Waals surface area contributed by atoms with Gasteiger partial charge >= 0.3 is 30.5 Å². The summed E-state index contributed by atoms with van der Waals surface area (Å²) in [4.78, 5) is 108. The van der Waals surface area contributed by atoms with Crippen molar-refractivity contribution in [3.8, 4) is 0 Å². The minimum absolute atomic E-state index is 0.0690. The molecule has 4 aliphatic rings. The van der Waals surface area contributed by atoms with Gasteiger partial charge in [0.1, 0.15) is 70.8 Å². The van der Waals surface area contributed by atoms with Gasteiger partial charge in [-0.2, -0.15) is 0 Å². The van der Waals surface area contributed by atoms with Crippen molar-refractivity contribution in [2.24, 2.45) is 5.92 Å². The Morgan fingerprint density at radius 2 is 1.42 bits per heavy atom. The molecule has 3 aliphatic heterocycles. The topological polar surface area (TPSA) is 384 Å². The van der Waals surface area contributed by atoms with Gasteiger partial charge in [0, 0.05) is 44.2 Å². The molecule has 29 heteroatoms. The third-order valence-corrected chi connectivity index (χ3v) is 13.8. The Morgan fingerprint density at radius 1 is 0.812 bits per heavy atom. The maximum atomic E-state index is 14.6. The molecule has 3 fully saturated rings. The molecule has 1 aromatic rings. The number of carbonyl (C=O) groups is 7. The molecule has 478 valence electrons. The summed E-state index contributed by atoms with van der Waals surface area (Å²) < 4.78 is 46.7. The highest BCUT2D eigenvalue weighted by molar-refractivity contribution is 5.86. The summed E-state index contributed by atoms with van der Waals surface area (Å²) in [7, 11) is 1.28. The molecule has 1 aliphatic carbocycles. The van der Waals surface area contributed by atoms with E-state index in [0.29, 0.717) is 12.0 Å². The molecular weight excluding hydrogens is 1120 g/mol. The Labute approximate surface area is 494 Å². The van der Waals surface area contributed by atoms with Gasteiger partial charge in [-0.1, -0.05) is 0 Å². The van der Waals surface area contributed by atoms with Gasteiger partial charge in [0.2, 0.25) is 11.8 Å². The molecule has 2 unspecified atom stereocenters. The van der Waals surface area contributed by atoms with Gasteiger partial charge < -0.3 is 89.8 Å². The number of aliphatic hydroxyl groups is 4. The van der Waals surface area contributed by atoms with Crippen molar-refractivity contribution < 1.29 is 96.8 Å². The van der Waals surface area contributed by atoms with Crippen LogP contribution in [0.1, 0.15) is 128 Å². The number of ether oxygens (including phenoxy) is 8. The number of nitro groups is 1. The van der Waals surface area contributed by atoms with E-state index in [4.69, 9.17) is 37.9 Å². The van der Waals surface area contributed by atoms with Crippen LogP contribution in [0.5, 0.6) is 0 Å². The smallest absolute Gasteiger partial charge is 0.410 e. The number of hydrogen-bond donors (Lipinski definition) is 9. The van der Waals surface area contributed by atoms with Gasteiger partial charge in [-0.3, -0.25) is 24.6 Å². The molecule has 1 aromatic carbocycles. The van der Waals surface area contributed by atoms with Crippen LogP contribution in [0.4, 0.5) is 29.7 Å². The number of alkyl carbamates (subject to hydrolysis) is 3. The first kappa shape index (κ1) is 69.0. The van der Waals surface area contributed by atoms with Crippen LogP contribution in [0, 0.1) is 16.0 Å². The van der Waals surface area contributed by atoms with E-state index in [1.807, 2.05) is 0 Å². The molecule has 2 saturated heterocycles. The van der Waals surface area contributed by atoms with Crippen LogP contribution < -0.4 is 26.6 Å². The first-order valence-electron chi connectivity index (χ1n) is 28.3. The molecule has 0 radical (unpaired) electrons. The van der Waals surface area contributed by atoms with E-state index < -0.39 is 155 Å². The van der Waals surface area contributed by atoms with Crippen molar-refractivity contribution in [1.82, 2.24) is 36.4 Å². The second kappa shape index (κ2) is 28.2. The third kappa shape index (κ3) is 20.4. The monoisotopic (exact) mass is 1210 g/mol. The third-order valence-electron chi connectivity index (χ3n) is 13.8. The lowest BCUT2D eigenvalue weighted by Crippen LogP contribution is -2.71. The molecule has 85 heavy (non-hydrogen) atoms. The van der Waals surface area contributed by atoms with Crippen LogP contribution in [0.15, 0.2) is 36.1 Å². The maximum Gasteiger partial charge on any atom is 0.410 e. The number of benzene rings is 1. The first-order valence-corrected chi connectivity index (χ1v) is 28.3. The SMILES string of the molecule is CN(C(=O)OC(C)(C)C)[C@@H]1[C@@H](O)[C@@H](O[C@H]2[C@H](NC(=O)[C@@H](O)CCNC(=O)OC(C)(C)C)C[C@H](NC(=O)OC(C)(C)C)C([C@H]3OC(CNC(=O)OCc4ccc([N+](=O)[O-])cc4)=CC[C@H]3NC(=O)C3CCCN3C(=O)OC(C)(C)C)[C@@H]2O)OC[C@]1(C)O. The molecule has 5 rings (SSSR count). The Kier molecular flexibility index (Phi) is 22.8.